The molecule has 3 atom stereocenters. The van der Waals surface area contributed by atoms with Crippen LogP contribution in [-0.2, 0) is 15.7 Å². The van der Waals surface area contributed by atoms with Crippen LogP contribution in [0.1, 0.15) is 68.4 Å². The van der Waals surface area contributed by atoms with Gasteiger partial charge < -0.3 is 14.8 Å². The van der Waals surface area contributed by atoms with Crippen molar-refractivity contribution in [1.82, 2.24) is 4.90 Å². The summed E-state index contributed by atoms with van der Waals surface area (Å²) in [6.07, 6.45) is -3.38. The highest BCUT2D eigenvalue weighted by atomic mass is 19.4. The number of methoxy groups -OCH3 is 1. The zero-order valence-electron chi connectivity index (χ0n) is 22.2. The van der Waals surface area contributed by atoms with Crippen molar-refractivity contribution in [3.8, 4) is 5.75 Å². The first-order valence-electron chi connectivity index (χ1n) is 12.7. The van der Waals surface area contributed by atoms with Crippen LogP contribution in [0.4, 0.5) is 23.7 Å². The second-order valence-corrected chi connectivity index (χ2v) is 10.3. The smallest absolute Gasteiger partial charge is 0.416 e. The molecule has 1 saturated heterocycles. The van der Waals surface area contributed by atoms with Gasteiger partial charge in [0.05, 0.1) is 18.7 Å². The SMILES string of the molecule is COc1ccc(NC(C)=O)cc1C1=C(CN2C(=O)O[C@H](c3cc(C)cc(C(F)(F)F)c3)[C@@H]2C)CC(C)CC1. The van der Waals surface area contributed by atoms with Crippen molar-refractivity contribution in [2.75, 3.05) is 19.0 Å². The number of benzene rings is 2. The van der Waals surface area contributed by atoms with Gasteiger partial charge in [0.15, 0.2) is 0 Å². The van der Waals surface area contributed by atoms with E-state index in [-0.39, 0.29) is 5.91 Å². The van der Waals surface area contributed by atoms with E-state index in [1.807, 2.05) is 12.1 Å². The Morgan fingerprint density at radius 1 is 1.18 bits per heavy atom. The lowest BCUT2D eigenvalue weighted by Gasteiger charge is -2.30. The monoisotopic (exact) mass is 530 g/mol. The summed E-state index contributed by atoms with van der Waals surface area (Å²) in [6.45, 7) is 7.29. The molecule has 6 nitrogen and oxygen atoms in total. The van der Waals surface area contributed by atoms with E-state index in [0.29, 0.717) is 35.0 Å². The van der Waals surface area contributed by atoms with E-state index in [9.17, 15) is 22.8 Å². The summed E-state index contributed by atoms with van der Waals surface area (Å²) in [5.74, 6) is 0.877. The minimum Gasteiger partial charge on any atom is -0.496 e. The van der Waals surface area contributed by atoms with Crippen molar-refractivity contribution in [1.29, 1.82) is 0 Å². The van der Waals surface area contributed by atoms with Crippen molar-refractivity contribution in [2.24, 2.45) is 5.92 Å². The number of rotatable bonds is 6. The summed E-state index contributed by atoms with van der Waals surface area (Å²) in [6, 6.07) is 8.79. The Morgan fingerprint density at radius 3 is 2.58 bits per heavy atom. The molecule has 2 amide bonds. The van der Waals surface area contributed by atoms with Crippen LogP contribution in [-0.4, -0.2) is 36.6 Å². The predicted octanol–water partition coefficient (Wildman–Crippen LogP) is 7.14. The Labute approximate surface area is 220 Å². The Bertz CT molecular complexity index is 1270. The number of alkyl halides is 3. The Morgan fingerprint density at radius 2 is 1.92 bits per heavy atom. The molecule has 4 rings (SSSR count). The van der Waals surface area contributed by atoms with Crippen LogP contribution in [0, 0.1) is 12.8 Å². The summed E-state index contributed by atoms with van der Waals surface area (Å²) < 4.78 is 51.6. The lowest BCUT2D eigenvalue weighted by Crippen LogP contribution is -2.34. The standard InChI is InChI=1S/C29H33F3N2O4/c1-16-6-8-24(25-14-23(33-19(4)35)7-9-26(25)37-5)21(10-16)15-34-18(3)27(38-28(34)36)20-11-17(2)12-22(13-20)29(30,31)32/h7,9,11-14,16,18,27H,6,8,10,15H2,1-5H3,(H,33,35)/t16?,18-,27-/m0/s1. The maximum atomic E-state index is 13.4. The molecule has 1 heterocycles. The molecule has 2 aromatic carbocycles. The van der Waals surface area contributed by atoms with E-state index in [1.165, 1.54) is 6.92 Å². The molecule has 1 fully saturated rings. The first kappa shape index (κ1) is 27.5. The van der Waals surface area contributed by atoms with E-state index < -0.39 is 30.0 Å². The van der Waals surface area contributed by atoms with Gasteiger partial charge in [0.2, 0.25) is 5.91 Å². The summed E-state index contributed by atoms with van der Waals surface area (Å²) in [5, 5.41) is 2.81. The van der Waals surface area contributed by atoms with Gasteiger partial charge in [0, 0.05) is 24.7 Å². The molecule has 1 aliphatic heterocycles. The Kier molecular flexibility index (Phi) is 7.76. The molecule has 204 valence electrons. The number of hydrogen-bond acceptors (Lipinski definition) is 4. The fraction of sp³-hybridized carbons (Fsp3) is 0.448. The number of amides is 2. The van der Waals surface area contributed by atoms with E-state index in [1.54, 1.807) is 38.0 Å². The second kappa shape index (κ2) is 10.7. The molecular weight excluding hydrogens is 497 g/mol. The molecule has 0 saturated carbocycles. The van der Waals surface area contributed by atoms with Gasteiger partial charge in [0.25, 0.3) is 0 Å². The third kappa shape index (κ3) is 5.81. The van der Waals surface area contributed by atoms with E-state index in [4.69, 9.17) is 9.47 Å². The average molecular weight is 531 g/mol. The van der Waals surface area contributed by atoms with E-state index in [0.717, 1.165) is 48.1 Å². The topological polar surface area (TPSA) is 67.9 Å². The van der Waals surface area contributed by atoms with Crippen LogP contribution >= 0.6 is 0 Å². The van der Waals surface area contributed by atoms with Crippen LogP contribution in [0.25, 0.3) is 5.57 Å². The number of ether oxygens (including phenoxy) is 2. The Hall–Kier alpha value is -3.49. The maximum Gasteiger partial charge on any atom is 0.416 e. The van der Waals surface area contributed by atoms with Crippen molar-refractivity contribution in [3.05, 3.63) is 64.2 Å². The number of anilines is 1. The number of carbonyl (C=O) groups is 2. The minimum atomic E-state index is -4.49. The summed E-state index contributed by atoms with van der Waals surface area (Å²) >= 11 is 0. The lowest BCUT2D eigenvalue weighted by molar-refractivity contribution is -0.137. The molecule has 1 N–H and O–H groups in total. The van der Waals surface area contributed by atoms with Gasteiger partial charge in [0.1, 0.15) is 11.9 Å². The number of cyclic esters (lactones) is 1. The number of hydrogen-bond donors (Lipinski definition) is 1. The fourth-order valence-electron chi connectivity index (χ4n) is 5.43. The third-order valence-electron chi connectivity index (χ3n) is 7.26. The summed E-state index contributed by atoms with van der Waals surface area (Å²) in [5.41, 5.74) is 3.62. The molecule has 0 aromatic heterocycles. The molecule has 2 aromatic rings. The molecule has 0 bridgehead atoms. The van der Waals surface area contributed by atoms with Gasteiger partial charge >= 0.3 is 12.3 Å². The lowest BCUT2D eigenvalue weighted by atomic mass is 9.81. The normalized spacial score (nSPS) is 21.9. The molecule has 9 heteroatoms. The number of nitrogens with one attached hydrogen (secondary N) is 1. The van der Waals surface area contributed by atoms with Crippen LogP contribution in [0.5, 0.6) is 5.75 Å². The highest BCUT2D eigenvalue weighted by Crippen LogP contribution is 2.42. The number of allylic oxidation sites excluding steroid dienone is 1. The van der Waals surface area contributed by atoms with Crippen molar-refractivity contribution < 1.29 is 32.2 Å². The third-order valence-corrected chi connectivity index (χ3v) is 7.26. The molecular formula is C29H33F3N2O4. The highest BCUT2D eigenvalue weighted by molar-refractivity contribution is 5.90. The van der Waals surface area contributed by atoms with E-state index in [2.05, 4.69) is 12.2 Å². The first-order valence-corrected chi connectivity index (χ1v) is 12.7. The zero-order valence-corrected chi connectivity index (χ0v) is 22.2. The summed E-state index contributed by atoms with van der Waals surface area (Å²) in [7, 11) is 1.59. The number of halogens is 3. The predicted molar refractivity (Wildman–Crippen MR) is 139 cm³/mol. The Balaban J connectivity index is 1.68. The summed E-state index contributed by atoms with van der Waals surface area (Å²) in [4.78, 5) is 26.2. The van der Waals surface area contributed by atoms with Gasteiger partial charge in [-0.15, -0.1) is 0 Å². The number of carbonyl (C=O) groups excluding carboxylic acids is 2. The number of aryl methyl sites for hydroxylation is 1. The highest BCUT2D eigenvalue weighted by Gasteiger charge is 2.42. The first-order chi connectivity index (χ1) is 17.9. The second-order valence-electron chi connectivity index (χ2n) is 10.3. The maximum absolute atomic E-state index is 13.4. The molecule has 1 unspecified atom stereocenters. The van der Waals surface area contributed by atoms with E-state index >= 15 is 0 Å². The van der Waals surface area contributed by atoms with Crippen LogP contribution in [0.3, 0.4) is 0 Å². The number of nitrogens with zero attached hydrogens (tertiary/aromatic N) is 1. The molecule has 2 aliphatic rings. The molecule has 0 spiro atoms. The van der Waals surface area contributed by atoms with Crippen LogP contribution in [0.2, 0.25) is 0 Å². The van der Waals surface area contributed by atoms with Gasteiger partial charge in [-0.2, -0.15) is 13.2 Å². The van der Waals surface area contributed by atoms with Crippen LogP contribution in [0.15, 0.2) is 42.0 Å². The minimum absolute atomic E-state index is 0.183. The van der Waals surface area contributed by atoms with Gasteiger partial charge in [-0.05, 0) is 86.1 Å². The van der Waals surface area contributed by atoms with Crippen molar-refractivity contribution >= 4 is 23.3 Å². The van der Waals surface area contributed by atoms with Gasteiger partial charge in [-0.1, -0.05) is 18.6 Å². The van der Waals surface area contributed by atoms with Crippen molar-refractivity contribution in [3.63, 3.8) is 0 Å². The zero-order chi connectivity index (χ0) is 27.8. The molecule has 38 heavy (non-hydrogen) atoms. The molecule has 0 radical (unpaired) electrons. The average Bonchev–Trinajstić information content (AvgIpc) is 3.11. The van der Waals surface area contributed by atoms with Crippen molar-refractivity contribution in [2.45, 2.75) is 65.3 Å². The fourth-order valence-corrected chi connectivity index (χ4v) is 5.43. The van der Waals surface area contributed by atoms with Gasteiger partial charge in [-0.3, -0.25) is 9.69 Å². The largest absolute Gasteiger partial charge is 0.496 e. The van der Waals surface area contributed by atoms with Gasteiger partial charge in [-0.25, -0.2) is 4.79 Å². The van der Waals surface area contributed by atoms with Crippen LogP contribution < -0.4 is 10.1 Å². The quantitative estimate of drug-likeness (QED) is 0.431. The molecule has 1 aliphatic carbocycles.